The molecule has 0 radical (unpaired) electrons. The van der Waals surface area contributed by atoms with Gasteiger partial charge in [0.1, 0.15) is 5.54 Å². The number of nitrogens with zero attached hydrogens (tertiary/aromatic N) is 2. The number of likely N-dealkylation sites (N-methyl/N-ethyl adjacent to an activating group) is 1. The van der Waals surface area contributed by atoms with E-state index in [1.165, 1.54) is 0 Å². The van der Waals surface area contributed by atoms with E-state index >= 15 is 0 Å². The molecule has 0 aromatic rings. The lowest BCUT2D eigenvalue weighted by Crippen LogP contribution is -2.53. The molecule has 1 aliphatic rings. The number of nitriles is 1. The monoisotopic (exact) mass is 245 g/mol. The Balaban J connectivity index is 2.61. The molecule has 6 heteroatoms. The number of nitrogens with one attached hydrogen (secondary N) is 1. The third-order valence-electron chi connectivity index (χ3n) is 2.76. The van der Waals surface area contributed by atoms with Crippen molar-refractivity contribution < 1.29 is 8.42 Å². The minimum atomic E-state index is -3.05. The summed E-state index contributed by atoms with van der Waals surface area (Å²) < 4.78 is 23.0. The molecule has 1 N–H and O–H groups in total. The fourth-order valence-corrected chi connectivity index (χ4v) is 3.69. The molecule has 5 nitrogen and oxygen atoms in total. The summed E-state index contributed by atoms with van der Waals surface area (Å²) >= 11 is 0. The van der Waals surface area contributed by atoms with E-state index < -0.39 is 15.4 Å². The van der Waals surface area contributed by atoms with E-state index in [9.17, 15) is 8.42 Å². The zero-order valence-electron chi connectivity index (χ0n) is 9.86. The SMILES string of the molecule is CN(C)CCNC1(C#N)CCCS(=O)(=O)C1. The van der Waals surface area contributed by atoms with Gasteiger partial charge in [-0.2, -0.15) is 5.26 Å². The largest absolute Gasteiger partial charge is 0.308 e. The van der Waals surface area contributed by atoms with E-state index in [4.69, 9.17) is 5.26 Å². The summed E-state index contributed by atoms with van der Waals surface area (Å²) in [7, 11) is 0.834. The van der Waals surface area contributed by atoms with Crippen molar-refractivity contribution in [2.24, 2.45) is 0 Å². The van der Waals surface area contributed by atoms with E-state index in [2.05, 4.69) is 11.4 Å². The topological polar surface area (TPSA) is 73.2 Å². The predicted molar refractivity (Wildman–Crippen MR) is 62.8 cm³/mol. The van der Waals surface area contributed by atoms with Crippen molar-refractivity contribution in [2.75, 3.05) is 38.7 Å². The molecule has 1 unspecified atom stereocenters. The average Bonchev–Trinajstić information content (AvgIpc) is 2.15. The molecular weight excluding hydrogens is 226 g/mol. The second-order valence-corrected chi connectivity index (χ2v) is 6.80. The molecule has 0 saturated carbocycles. The van der Waals surface area contributed by atoms with Gasteiger partial charge in [0.15, 0.2) is 9.84 Å². The molecule has 1 heterocycles. The van der Waals surface area contributed by atoms with E-state index in [1.807, 2.05) is 19.0 Å². The van der Waals surface area contributed by atoms with Gasteiger partial charge in [0.25, 0.3) is 0 Å². The van der Waals surface area contributed by atoms with Crippen LogP contribution in [-0.4, -0.2) is 57.5 Å². The van der Waals surface area contributed by atoms with Crippen molar-refractivity contribution in [2.45, 2.75) is 18.4 Å². The maximum Gasteiger partial charge on any atom is 0.153 e. The van der Waals surface area contributed by atoms with E-state index in [1.54, 1.807) is 0 Å². The summed E-state index contributed by atoms with van der Waals surface area (Å²) in [4.78, 5) is 2.00. The molecule has 0 aromatic carbocycles. The van der Waals surface area contributed by atoms with Crippen LogP contribution in [0.25, 0.3) is 0 Å². The van der Waals surface area contributed by atoms with Crippen molar-refractivity contribution >= 4 is 9.84 Å². The van der Waals surface area contributed by atoms with Gasteiger partial charge in [0.2, 0.25) is 0 Å². The quantitative estimate of drug-likeness (QED) is 0.730. The van der Waals surface area contributed by atoms with Crippen LogP contribution in [0.15, 0.2) is 0 Å². The van der Waals surface area contributed by atoms with Gasteiger partial charge >= 0.3 is 0 Å². The highest BCUT2D eigenvalue weighted by Crippen LogP contribution is 2.22. The second kappa shape index (κ2) is 5.13. The Hall–Kier alpha value is -0.640. The fraction of sp³-hybridized carbons (Fsp3) is 0.900. The molecule has 0 spiro atoms. The van der Waals surface area contributed by atoms with Crippen molar-refractivity contribution in [3.63, 3.8) is 0 Å². The third-order valence-corrected chi connectivity index (χ3v) is 4.60. The molecule has 1 rings (SSSR count). The molecule has 1 saturated heterocycles. The molecule has 0 aliphatic carbocycles. The van der Waals surface area contributed by atoms with Gasteiger partial charge in [0, 0.05) is 13.1 Å². The van der Waals surface area contributed by atoms with Crippen LogP contribution in [0.4, 0.5) is 0 Å². The van der Waals surface area contributed by atoms with Crippen LogP contribution in [0.5, 0.6) is 0 Å². The first-order valence-corrected chi connectivity index (χ1v) is 7.23. The number of rotatable bonds is 4. The second-order valence-electron chi connectivity index (χ2n) is 4.62. The number of hydrogen-bond donors (Lipinski definition) is 1. The maximum atomic E-state index is 11.5. The first-order valence-electron chi connectivity index (χ1n) is 5.41. The van der Waals surface area contributed by atoms with E-state index in [0.717, 1.165) is 6.54 Å². The van der Waals surface area contributed by atoms with Crippen LogP contribution in [-0.2, 0) is 9.84 Å². The summed E-state index contributed by atoms with van der Waals surface area (Å²) in [6.45, 7) is 1.43. The van der Waals surface area contributed by atoms with E-state index in [-0.39, 0.29) is 11.5 Å². The lowest BCUT2D eigenvalue weighted by molar-refractivity contribution is 0.347. The smallest absolute Gasteiger partial charge is 0.153 e. The number of sulfone groups is 1. The summed E-state index contributed by atoms with van der Waals surface area (Å²) in [5, 5.41) is 12.2. The van der Waals surface area contributed by atoms with Crippen LogP contribution < -0.4 is 5.32 Å². The Bertz CT molecular complexity index is 372. The molecule has 92 valence electrons. The first-order chi connectivity index (χ1) is 7.39. The van der Waals surface area contributed by atoms with Crippen molar-refractivity contribution in [1.29, 1.82) is 5.26 Å². The van der Waals surface area contributed by atoms with Gasteiger partial charge < -0.3 is 4.90 Å². The molecule has 1 aliphatic heterocycles. The normalized spacial score (nSPS) is 28.9. The fourth-order valence-electron chi connectivity index (χ4n) is 1.90. The molecule has 16 heavy (non-hydrogen) atoms. The Morgan fingerprint density at radius 1 is 1.50 bits per heavy atom. The molecule has 0 bridgehead atoms. The molecule has 1 atom stereocenters. The van der Waals surface area contributed by atoms with Gasteiger partial charge in [-0.1, -0.05) is 0 Å². The van der Waals surface area contributed by atoms with Crippen molar-refractivity contribution in [1.82, 2.24) is 10.2 Å². The van der Waals surface area contributed by atoms with Crippen LogP contribution in [0.2, 0.25) is 0 Å². The first kappa shape index (κ1) is 13.4. The van der Waals surface area contributed by atoms with E-state index in [0.29, 0.717) is 19.4 Å². The average molecular weight is 245 g/mol. The Labute approximate surface area is 97.3 Å². The van der Waals surface area contributed by atoms with Gasteiger partial charge in [-0.25, -0.2) is 8.42 Å². The molecular formula is C10H19N3O2S. The Morgan fingerprint density at radius 3 is 2.69 bits per heavy atom. The molecule has 1 fully saturated rings. The minimum Gasteiger partial charge on any atom is -0.308 e. The summed E-state index contributed by atoms with van der Waals surface area (Å²) in [6.07, 6.45) is 1.20. The van der Waals surface area contributed by atoms with Crippen LogP contribution in [0.1, 0.15) is 12.8 Å². The van der Waals surface area contributed by atoms with Gasteiger partial charge in [-0.3, -0.25) is 5.32 Å². The lowest BCUT2D eigenvalue weighted by Gasteiger charge is -2.31. The van der Waals surface area contributed by atoms with Gasteiger partial charge in [0.05, 0.1) is 17.6 Å². The minimum absolute atomic E-state index is 0.0517. The summed E-state index contributed by atoms with van der Waals surface area (Å²) in [5.74, 6) is 0.162. The lowest BCUT2D eigenvalue weighted by atomic mass is 9.97. The van der Waals surface area contributed by atoms with Crippen molar-refractivity contribution in [3.05, 3.63) is 0 Å². The van der Waals surface area contributed by atoms with Crippen LogP contribution >= 0.6 is 0 Å². The highest BCUT2D eigenvalue weighted by atomic mass is 32.2. The maximum absolute atomic E-state index is 11.5. The van der Waals surface area contributed by atoms with Crippen molar-refractivity contribution in [3.8, 4) is 6.07 Å². The number of hydrogen-bond acceptors (Lipinski definition) is 5. The molecule has 0 amide bonds. The third kappa shape index (κ3) is 3.74. The highest BCUT2D eigenvalue weighted by molar-refractivity contribution is 7.91. The molecule has 0 aromatic heterocycles. The zero-order chi connectivity index (χ0) is 12.2. The zero-order valence-corrected chi connectivity index (χ0v) is 10.7. The summed E-state index contributed by atoms with van der Waals surface area (Å²) in [6, 6.07) is 2.14. The van der Waals surface area contributed by atoms with Gasteiger partial charge in [-0.05, 0) is 26.9 Å². The van der Waals surface area contributed by atoms with Crippen LogP contribution in [0, 0.1) is 11.3 Å². The van der Waals surface area contributed by atoms with Gasteiger partial charge in [-0.15, -0.1) is 0 Å². The Morgan fingerprint density at radius 2 is 2.19 bits per heavy atom. The highest BCUT2D eigenvalue weighted by Gasteiger charge is 2.38. The van der Waals surface area contributed by atoms with Crippen LogP contribution in [0.3, 0.4) is 0 Å². The Kier molecular flexibility index (Phi) is 4.30. The summed E-state index contributed by atoms with van der Waals surface area (Å²) in [5.41, 5.74) is -0.868. The predicted octanol–water partition coefficient (Wildman–Crippen LogP) is -0.391. The standard InChI is InChI=1S/C10H19N3O2S/c1-13(2)6-5-12-10(8-11)4-3-7-16(14,15)9-10/h12H,3-7,9H2,1-2H3.